The molecule has 1 aliphatic rings. The molecular formula is C10H16F6MgN2O6S2. The fourth-order valence-corrected chi connectivity index (χ4v) is 1.10. The standard InChI is InChI=1S/C8H16N2.2CHF3O3S.Mg/c1-3-4-5-10-7-6-9(2)8-10;2*2-1(3,4)8(5,6)7;/h6-7H,3-5,8H2,1-2H3;2*(H,5,6,7);/q;;;+2/p-2. The van der Waals surface area contributed by atoms with E-state index in [9.17, 15) is 26.3 Å². The third-order valence-electron chi connectivity index (χ3n) is 2.30. The summed E-state index contributed by atoms with van der Waals surface area (Å²) < 4.78 is 118. The maximum absolute atomic E-state index is 10.7. The van der Waals surface area contributed by atoms with Gasteiger partial charge in [0.15, 0.2) is 20.2 Å². The molecule has 0 saturated carbocycles. The Morgan fingerprint density at radius 3 is 1.44 bits per heavy atom. The van der Waals surface area contributed by atoms with Crippen LogP contribution in [0.4, 0.5) is 26.3 Å². The largest absolute Gasteiger partial charge is 2.00 e. The third kappa shape index (κ3) is 15.1. The van der Waals surface area contributed by atoms with E-state index in [-0.39, 0.29) is 23.1 Å². The molecule has 0 aromatic rings. The second-order valence-corrected chi connectivity index (χ2v) is 7.40. The van der Waals surface area contributed by atoms with E-state index in [1.807, 2.05) is 0 Å². The number of nitrogens with zero attached hydrogens (tertiary/aromatic N) is 2. The molecule has 0 atom stereocenters. The SMILES string of the molecule is CCCCN1C=CN(C)C1.O=S(=O)([O-])C(F)(F)F.O=S(=O)([O-])C(F)(F)F.[Mg+2]. The summed E-state index contributed by atoms with van der Waals surface area (Å²) in [6.45, 7) is 4.50. The van der Waals surface area contributed by atoms with Gasteiger partial charge in [0.05, 0.1) is 6.67 Å². The zero-order chi connectivity index (χ0) is 21.4. The first-order valence-electron chi connectivity index (χ1n) is 6.49. The van der Waals surface area contributed by atoms with Crippen LogP contribution in [0.5, 0.6) is 0 Å². The van der Waals surface area contributed by atoms with Crippen LogP contribution in [0.1, 0.15) is 19.8 Å². The maximum atomic E-state index is 10.7. The van der Waals surface area contributed by atoms with E-state index in [0.717, 1.165) is 6.67 Å². The molecule has 8 nitrogen and oxygen atoms in total. The summed E-state index contributed by atoms with van der Waals surface area (Å²) in [5.74, 6) is 0. The zero-order valence-corrected chi connectivity index (χ0v) is 17.2. The number of hydrogen-bond donors (Lipinski definition) is 0. The van der Waals surface area contributed by atoms with Gasteiger partial charge in [0.2, 0.25) is 0 Å². The average Bonchev–Trinajstić information content (AvgIpc) is 2.79. The summed E-state index contributed by atoms with van der Waals surface area (Å²) in [6, 6.07) is 0. The molecule has 0 aliphatic carbocycles. The van der Waals surface area contributed by atoms with Crippen LogP contribution in [0.25, 0.3) is 0 Å². The molecule has 1 rings (SSSR count). The molecule has 0 bridgehead atoms. The Hall–Kier alpha value is -0.494. The van der Waals surface area contributed by atoms with Crippen LogP contribution in [0.15, 0.2) is 12.4 Å². The summed E-state index contributed by atoms with van der Waals surface area (Å²) in [5, 5.41) is 0. The minimum Gasteiger partial charge on any atom is -0.741 e. The van der Waals surface area contributed by atoms with Crippen molar-refractivity contribution in [1.29, 1.82) is 0 Å². The molecule has 0 unspecified atom stereocenters. The van der Waals surface area contributed by atoms with E-state index >= 15 is 0 Å². The van der Waals surface area contributed by atoms with E-state index in [1.54, 1.807) is 0 Å². The van der Waals surface area contributed by atoms with Gasteiger partial charge in [-0.25, -0.2) is 16.8 Å². The predicted molar refractivity (Wildman–Crippen MR) is 80.6 cm³/mol. The summed E-state index contributed by atoms with van der Waals surface area (Å²) in [5.41, 5.74) is -11.3. The van der Waals surface area contributed by atoms with Crippen LogP contribution in [0.2, 0.25) is 0 Å². The van der Waals surface area contributed by atoms with Crippen molar-refractivity contribution < 1.29 is 52.3 Å². The normalized spacial score (nSPS) is 14.6. The summed E-state index contributed by atoms with van der Waals surface area (Å²) >= 11 is 0. The molecular weight excluding hydrogens is 447 g/mol. The molecule has 158 valence electrons. The average molecular weight is 463 g/mol. The number of hydrogen-bond acceptors (Lipinski definition) is 8. The second-order valence-electron chi connectivity index (χ2n) is 4.66. The number of halogens is 6. The van der Waals surface area contributed by atoms with Crippen LogP contribution in [-0.4, -0.2) is 90.1 Å². The van der Waals surface area contributed by atoms with Crippen molar-refractivity contribution in [3.63, 3.8) is 0 Å². The Morgan fingerprint density at radius 2 is 1.26 bits per heavy atom. The van der Waals surface area contributed by atoms with E-state index in [1.165, 1.54) is 19.4 Å². The molecule has 0 radical (unpaired) electrons. The van der Waals surface area contributed by atoms with Crippen molar-refractivity contribution in [3.05, 3.63) is 12.4 Å². The van der Waals surface area contributed by atoms with Gasteiger partial charge >= 0.3 is 34.1 Å². The van der Waals surface area contributed by atoms with Gasteiger partial charge in [-0.3, -0.25) is 0 Å². The topological polar surface area (TPSA) is 121 Å². The van der Waals surface area contributed by atoms with E-state index < -0.39 is 31.3 Å². The Bertz CT molecular complexity index is 608. The van der Waals surface area contributed by atoms with E-state index in [4.69, 9.17) is 25.9 Å². The molecule has 0 spiro atoms. The molecule has 0 aromatic heterocycles. The zero-order valence-electron chi connectivity index (χ0n) is 14.1. The van der Waals surface area contributed by atoms with Crippen molar-refractivity contribution >= 4 is 43.3 Å². The maximum Gasteiger partial charge on any atom is 2.00 e. The smallest absolute Gasteiger partial charge is 0.741 e. The van der Waals surface area contributed by atoms with Crippen LogP contribution in [-0.2, 0) is 20.2 Å². The number of alkyl halides is 6. The van der Waals surface area contributed by atoms with Gasteiger partial charge in [0.25, 0.3) is 0 Å². The van der Waals surface area contributed by atoms with Gasteiger partial charge in [0, 0.05) is 26.0 Å². The van der Waals surface area contributed by atoms with E-state index in [0.29, 0.717) is 0 Å². The molecule has 0 N–H and O–H groups in total. The number of rotatable bonds is 3. The van der Waals surface area contributed by atoms with E-state index in [2.05, 4.69) is 36.2 Å². The minimum absolute atomic E-state index is 0. The van der Waals surface area contributed by atoms with Gasteiger partial charge in [-0.1, -0.05) is 13.3 Å². The summed E-state index contributed by atoms with van der Waals surface area (Å²) in [4.78, 5) is 4.53. The quantitative estimate of drug-likeness (QED) is 0.265. The fraction of sp³-hybridized carbons (Fsp3) is 0.800. The Balaban J connectivity index is -0.000000318. The number of unbranched alkanes of at least 4 members (excludes halogenated alkanes) is 1. The van der Waals surface area contributed by atoms with Gasteiger partial charge in [0.1, 0.15) is 0 Å². The van der Waals surface area contributed by atoms with Gasteiger partial charge < -0.3 is 18.9 Å². The molecule has 17 heteroatoms. The van der Waals surface area contributed by atoms with Gasteiger partial charge in [-0.15, -0.1) is 0 Å². The first kappa shape index (κ1) is 31.2. The summed E-state index contributed by atoms with van der Waals surface area (Å²) in [6.07, 6.45) is 6.87. The molecule has 1 aliphatic heterocycles. The second kappa shape index (κ2) is 12.2. The third-order valence-corrected chi connectivity index (χ3v) is 3.44. The van der Waals surface area contributed by atoms with Gasteiger partial charge in [-0.05, 0) is 6.42 Å². The van der Waals surface area contributed by atoms with Crippen molar-refractivity contribution in [3.8, 4) is 0 Å². The van der Waals surface area contributed by atoms with Crippen LogP contribution in [0.3, 0.4) is 0 Å². The Labute approximate surface area is 168 Å². The Morgan fingerprint density at radius 1 is 0.926 bits per heavy atom. The molecule has 1 heterocycles. The van der Waals surface area contributed by atoms with Crippen LogP contribution < -0.4 is 0 Å². The van der Waals surface area contributed by atoms with Gasteiger partial charge in [-0.2, -0.15) is 26.3 Å². The van der Waals surface area contributed by atoms with Crippen molar-refractivity contribution in [2.75, 3.05) is 20.3 Å². The fourth-order valence-electron chi connectivity index (χ4n) is 1.10. The minimum atomic E-state index is -6.09. The predicted octanol–water partition coefficient (Wildman–Crippen LogP) is 1.18. The molecule has 0 fully saturated rings. The monoisotopic (exact) mass is 462 g/mol. The van der Waals surface area contributed by atoms with Crippen molar-refractivity contribution in [1.82, 2.24) is 9.80 Å². The van der Waals surface area contributed by atoms with Crippen molar-refractivity contribution in [2.24, 2.45) is 0 Å². The molecule has 27 heavy (non-hydrogen) atoms. The van der Waals surface area contributed by atoms with Crippen LogP contribution >= 0.6 is 0 Å². The Kier molecular flexibility index (Phi) is 14.0. The first-order chi connectivity index (χ1) is 11.3. The molecule has 0 saturated heterocycles. The molecule has 0 aromatic carbocycles. The van der Waals surface area contributed by atoms with Crippen LogP contribution in [0, 0.1) is 0 Å². The molecule has 0 amide bonds. The summed E-state index contributed by atoms with van der Waals surface area (Å²) in [7, 11) is -10.1. The first-order valence-corrected chi connectivity index (χ1v) is 9.31. The van der Waals surface area contributed by atoms with Crippen molar-refractivity contribution in [2.45, 2.75) is 30.8 Å².